The Morgan fingerprint density at radius 2 is 1.65 bits per heavy atom. The second kappa shape index (κ2) is 21.5. The van der Waals surface area contributed by atoms with E-state index < -0.39 is 53.2 Å². The van der Waals surface area contributed by atoms with Crippen LogP contribution in [0.2, 0.25) is 5.02 Å². The molecule has 1 saturated heterocycles. The SMILES string of the molecule is Cc1ncsc1-c1ccc([C@H](C)NC(=O)[C@@H]2C[C@@H](O)CN2C(=O)[C@@H](NC(=O)CCc2cc(F)cc(OC3CC(NC(=O)CC4N=C(c5ccc(Cl)cc5)c5c(sc(C)c5C)-n5c(C)nnc54)C3)c2)C(C)(C)C)cc1. The van der Waals surface area contributed by atoms with Crippen molar-refractivity contribution in [3.8, 4) is 21.2 Å². The minimum absolute atomic E-state index is 0.0413. The molecule has 1 aliphatic carbocycles. The summed E-state index contributed by atoms with van der Waals surface area (Å²) in [6.45, 7) is 15.3. The molecule has 3 aromatic carbocycles. The first-order chi connectivity index (χ1) is 35.2. The van der Waals surface area contributed by atoms with Crippen molar-refractivity contribution < 1.29 is 33.4 Å². The van der Waals surface area contributed by atoms with E-state index in [1.807, 2.05) is 100 Å². The number of amides is 4. The number of nitrogens with one attached hydrogen (secondary N) is 3. The van der Waals surface area contributed by atoms with Crippen molar-refractivity contribution in [1.82, 2.24) is 40.6 Å². The topological polar surface area (TPSA) is 193 Å². The van der Waals surface area contributed by atoms with Gasteiger partial charge in [-0.1, -0.05) is 68.8 Å². The zero-order valence-corrected chi connectivity index (χ0v) is 45.1. The molecular formula is C55H61ClFN9O6S2. The minimum Gasteiger partial charge on any atom is -0.490 e. The number of hydrogen-bond acceptors (Lipinski definition) is 12. The third kappa shape index (κ3) is 11.3. The second-order valence-electron chi connectivity index (χ2n) is 20.8. The molecule has 6 aromatic rings. The highest BCUT2D eigenvalue weighted by Gasteiger charge is 2.45. The molecule has 0 radical (unpaired) electrons. The van der Waals surface area contributed by atoms with E-state index in [0.717, 1.165) is 54.0 Å². The van der Waals surface area contributed by atoms with E-state index in [9.17, 15) is 24.3 Å². The van der Waals surface area contributed by atoms with Gasteiger partial charge in [-0.2, -0.15) is 0 Å². The van der Waals surface area contributed by atoms with Crippen LogP contribution in [0.15, 0.2) is 77.2 Å². The Balaban J connectivity index is 0.779. The number of fused-ring (bicyclic) bond motifs is 3. The lowest BCUT2D eigenvalue weighted by molar-refractivity contribution is -0.144. The summed E-state index contributed by atoms with van der Waals surface area (Å²) < 4.78 is 23.3. The van der Waals surface area contributed by atoms with Crippen LogP contribution in [0, 0.1) is 38.9 Å². The van der Waals surface area contributed by atoms with Gasteiger partial charge in [0.15, 0.2) is 5.82 Å². The molecule has 74 heavy (non-hydrogen) atoms. The second-order valence-corrected chi connectivity index (χ2v) is 23.3. The van der Waals surface area contributed by atoms with Gasteiger partial charge in [0.2, 0.25) is 23.6 Å². The van der Waals surface area contributed by atoms with Crippen molar-refractivity contribution in [1.29, 1.82) is 0 Å². The summed E-state index contributed by atoms with van der Waals surface area (Å²) in [5.41, 5.74) is 8.17. The number of thiophene rings is 1. The number of benzene rings is 3. The minimum atomic E-state index is -1.02. The summed E-state index contributed by atoms with van der Waals surface area (Å²) >= 11 is 9.47. The first kappa shape index (κ1) is 52.5. The van der Waals surface area contributed by atoms with E-state index in [-0.39, 0.29) is 56.3 Å². The molecular weight excluding hydrogens is 1000 g/mol. The van der Waals surface area contributed by atoms with E-state index >= 15 is 4.39 Å². The largest absolute Gasteiger partial charge is 0.490 e. The fourth-order valence-corrected chi connectivity index (χ4v) is 12.1. The van der Waals surface area contributed by atoms with Crippen LogP contribution in [0.4, 0.5) is 4.39 Å². The maximum absolute atomic E-state index is 15.1. The predicted molar refractivity (Wildman–Crippen MR) is 285 cm³/mol. The zero-order valence-electron chi connectivity index (χ0n) is 42.7. The number of rotatable bonds is 15. The summed E-state index contributed by atoms with van der Waals surface area (Å²) in [5, 5.41) is 30.3. The average molecular weight is 1060 g/mol. The number of thiazole rings is 1. The monoisotopic (exact) mass is 1060 g/mol. The van der Waals surface area contributed by atoms with Crippen LogP contribution in [0.1, 0.15) is 122 Å². The molecule has 9 rings (SSSR count). The van der Waals surface area contributed by atoms with Gasteiger partial charge in [0.25, 0.3) is 0 Å². The standard InChI is InChI=1S/C55H61ClFN9O6S2/c1-28-31(4)74-54-47(28)48(35-14-16-37(56)17-15-35)61-43(51-64-63-32(5)66(51)54)25-46(69)60-39-22-42(23-39)72-41-20-33(19-38(57)21-41)9-18-45(68)62-50(55(6,7)8)53(71)65-26-40(67)24-44(65)52(70)59-29(2)34-10-12-36(13-11-34)49-30(3)58-27-73-49/h10-17,19-21,27,29,39-40,42-44,50,67H,9,18,22-26H2,1-8H3,(H,59,70)(H,60,69)(H,62,68)/t29-,39?,40+,42?,43?,44-,50+/m0/s1. The highest BCUT2D eigenvalue weighted by atomic mass is 35.5. The number of aryl methyl sites for hydroxylation is 4. The molecule has 3 aromatic heterocycles. The van der Waals surface area contributed by atoms with Crippen molar-refractivity contribution in [2.45, 2.75) is 136 Å². The fourth-order valence-electron chi connectivity index (χ4n) is 9.91. The Morgan fingerprint density at radius 1 is 0.932 bits per heavy atom. The maximum Gasteiger partial charge on any atom is 0.246 e. The predicted octanol–water partition coefficient (Wildman–Crippen LogP) is 8.79. The quantitative estimate of drug-likeness (QED) is 0.0778. The van der Waals surface area contributed by atoms with Crippen molar-refractivity contribution in [3.63, 3.8) is 0 Å². The fraction of sp³-hybridized carbons (Fsp3) is 0.418. The normalized spacial score (nSPS) is 20.1. The molecule has 3 aliphatic rings. The van der Waals surface area contributed by atoms with Crippen molar-refractivity contribution in [2.75, 3.05) is 6.54 Å². The third-order valence-corrected chi connectivity index (χ3v) is 16.6. The van der Waals surface area contributed by atoms with Crippen LogP contribution in [-0.4, -0.2) is 96.0 Å². The molecule has 1 saturated carbocycles. The highest BCUT2D eigenvalue weighted by Crippen LogP contribution is 2.40. The summed E-state index contributed by atoms with van der Waals surface area (Å²) in [6, 6.07) is 16.6. The van der Waals surface area contributed by atoms with Gasteiger partial charge in [0.05, 0.1) is 40.4 Å². The zero-order chi connectivity index (χ0) is 52.7. The molecule has 388 valence electrons. The van der Waals surface area contributed by atoms with E-state index in [1.165, 1.54) is 17.0 Å². The molecule has 5 heterocycles. The molecule has 19 heteroatoms. The van der Waals surface area contributed by atoms with Gasteiger partial charge in [-0.15, -0.1) is 32.9 Å². The molecule has 2 aliphatic heterocycles. The van der Waals surface area contributed by atoms with E-state index in [1.54, 1.807) is 28.7 Å². The van der Waals surface area contributed by atoms with Crippen LogP contribution < -0.4 is 20.7 Å². The van der Waals surface area contributed by atoms with Crippen LogP contribution in [0.25, 0.3) is 15.4 Å². The first-order valence-electron chi connectivity index (χ1n) is 24.9. The highest BCUT2D eigenvalue weighted by molar-refractivity contribution is 7.15. The maximum atomic E-state index is 15.1. The molecule has 4 amide bonds. The first-order valence-corrected chi connectivity index (χ1v) is 27.0. The van der Waals surface area contributed by atoms with Crippen LogP contribution in [0.3, 0.4) is 0 Å². The van der Waals surface area contributed by atoms with Gasteiger partial charge in [-0.3, -0.25) is 28.7 Å². The Kier molecular flexibility index (Phi) is 15.2. The molecule has 5 atom stereocenters. The molecule has 2 fully saturated rings. The Hall–Kier alpha value is -6.34. The number of carbonyl (C=O) groups excluding carboxylic acids is 4. The number of aliphatic hydroxyl groups excluding tert-OH is 1. The number of nitrogens with zero attached hydrogens (tertiary/aromatic N) is 6. The van der Waals surface area contributed by atoms with Crippen LogP contribution in [-0.2, 0) is 25.6 Å². The number of ether oxygens (including phenoxy) is 1. The smallest absolute Gasteiger partial charge is 0.246 e. The number of halogens is 2. The van der Waals surface area contributed by atoms with E-state index in [0.29, 0.717) is 40.8 Å². The lowest BCUT2D eigenvalue weighted by Crippen LogP contribution is -2.57. The van der Waals surface area contributed by atoms with Gasteiger partial charge in [-0.25, -0.2) is 9.37 Å². The van der Waals surface area contributed by atoms with Gasteiger partial charge >= 0.3 is 0 Å². The van der Waals surface area contributed by atoms with Crippen LogP contribution >= 0.6 is 34.3 Å². The number of hydrogen-bond donors (Lipinski definition) is 4. The molecule has 1 unspecified atom stereocenters. The summed E-state index contributed by atoms with van der Waals surface area (Å²) in [4.78, 5) is 68.5. The van der Waals surface area contributed by atoms with E-state index in [2.05, 4.69) is 45.0 Å². The number of aromatic nitrogens is 4. The average Bonchev–Trinajstić information content (AvgIpc) is 4.11. The van der Waals surface area contributed by atoms with Crippen molar-refractivity contribution in [3.05, 3.63) is 133 Å². The third-order valence-electron chi connectivity index (χ3n) is 14.1. The number of β-amino-alcohol motifs (C(OH)–C–C–N with tert-alkyl or cyclic N) is 1. The number of likely N-dealkylation sites (tertiary alicyclic amines) is 1. The Bertz CT molecular complexity index is 3120. The van der Waals surface area contributed by atoms with Gasteiger partial charge in [0, 0.05) is 65.4 Å². The van der Waals surface area contributed by atoms with Crippen molar-refractivity contribution in [2.24, 2.45) is 10.4 Å². The Morgan fingerprint density at radius 3 is 2.34 bits per heavy atom. The number of carbonyl (C=O) groups is 4. The molecule has 15 nitrogen and oxygen atoms in total. The molecule has 0 bridgehead atoms. The molecule has 4 N–H and O–H groups in total. The Labute approximate surface area is 443 Å². The van der Waals surface area contributed by atoms with Crippen molar-refractivity contribution >= 4 is 63.6 Å². The van der Waals surface area contributed by atoms with E-state index in [4.69, 9.17) is 21.3 Å². The van der Waals surface area contributed by atoms with Crippen LogP contribution in [0.5, 0.6) is 5.75 Å². The summed E-state index contributed by atoms with van der Waals surface area (Å²) in [7, 11) is 0. The number of aliphatic imine (C=N–C) groups is 1. The van der Waals surface area contributed by atoms with Gasteiger partial charge < -0.3 is 30.7 Å². The van der Waals surface area contributed by atoms with Gasteiger partial charge in [0.1, 0.15) is 46.6 Å². The lowest BCUT2D eigenvalue weighted by Gasteiger charge is -2.36. The van der Waals surface area contributed by atoms with Gasteiger partial charge in [-0.05, 0) is 93.0 Å². The lowest BCUT2D eigenvalue weighted by atomic mass is 9.85. The number of aliphatic hydroxyl groups is 1. The summed E-state index contributed by atoms with van der Waals surface area (Å²) in [5.74, 6) is -0.422. The summed E-state index contributed by atoms with van der Waals surface area (Å²) in [6.07, 6.45) is 0.0296. The molecule has 0 spiro atoms.